The van der Waals surface area contributed by atoms with Gasteiger partial charge in [-0.3, -0.25) is 4.90 Å². The molecule has 2 N–H and O–H groups in total. The van der Waals surface area contributed by atoms with Crippen molar-refractivity contribution in [3.8, 4) is 5.75 Å². The van der Waals surface area contributed by atoms with Crippen LogP contribution in [-0.2, 0) is 6.42 Å². The summed E-state index contributed by atoms with van der Waals surface area (Å²) in [5, 5.41) is 0. The molecule has 1 aromatic carbocycles. The Kier molecular flexibility index (Phi) is 4.51. The van der Waals surface area contributed by atoms with Gasteiger partial charge in [-0.25, -0.2) is 0 Å². The zero-order chi connectivity index (χ0) is 14.8. The van der Waals surface area contributed by atoms with Crippen molar-refractivity contribution < 1.29 is 4.74 Å². The monoisotopic (exact) mass is 288 g/mol. The van der Waals surface area contributed by atoms with E-state index in [1.54, 1.807) is 7.11 Å². The Morgan fingerprint density at radius 1 is 1.33 bits per heavy atom. The van der Waals surface area contributed by atoms with Crippen LogP contribution in [0.3, 0.4) is 0 Å². The third-order valence-corrected chi connectivity index (χ3v) is 5.52. The van der Waals surface area contributed by atoms with Crippen LogP contribution < -0.4 is 10.5 Å². The van der Waals surface area contributed by atoms with Gasteiger partial charge in [0.25, 0.3) is 0 Å². The summed E-state index contributed by atoms with van der Waals surface area (Å²) in [5.74, 6) is 2.41. The van der Waals surface area contributed by atoms with Gasteiger partial charge in [0, 0.05) is 12.6 Å². The van der Waals surface area contributed by atoms with Gasteiger partial charge in [-0.05, 0) is 73.9 Å². The zero-order valence-corrected chi connectivity index (χ0v) is 13.3. The fraction of sp³-hybridized carbons (Fsp3) is 0.667. The van der Waals surface area contributed by atoms with Crippen LogP contribution in [0.15, 0.2) is 18.2 Å². The zero-order valence-electron chi connectivity index (χ0n) is 13.3. The first kappa shape index (κ1) is 14.9. The van der Waals surface area contributed by atoms with Gasteiger partial charge in [0.1, 0.15) is 5.75 Å². The summed E-state index contributed by atoms with van der Waals surface area (Å²) in [6.07, 6.45) is 5.03. The van der Waals surface area contributed by atoms with Crippen LogP contribution in [0.1, 0.15) is 43.4 Å². The minimum absolute atomic E-state index is 0.584. The van der Waals surface area contributed by atoms with Gasteiger partial charge in [-0.15, -0.1) is 0 Å². The van der Waals surface area contributed by atoms with Crippen molar-refractivity contribution in [2.24, 2.45) is 17.6 Å². The van der Waals surface area contributed by atoms with Crippen LogP contribution in [0.4, 0.5) is 0 Å². The van der Waals surface area contributed by atoms with E-state index < -0.39 is 0 Å². The number of ether oxygens (including phenoxy) is 1. The van der Waals surface area contributed by atoms with Gasteiger partial charge in [-0.1, -0.05) is 13.0 Å². The molecule has 3 atom stereocenters. The number of rotatable bonds is 3. The molecule has 0 aromatic heterocycles. The first-order valence-electron chi connectivity index (χ1n) is 8.34. The van der Waals surface area contributed by atoms with E-state index in [1.807, 2.05) is 0 Å². The molecule has 2 aliphatic rings. The molecule has 0 radical (unpaired) electrons. The van der Waals surface area contributed by atoms with Gasteiger partial charge in [-0.2, -0.15) is 0 Å². The molecular weight excluding hydrogens is 260 g/mol. The molecule has 3 rings (SSSR count). The Labute approximate surface area is 128 Å². The highest BCUT2D eigenvalue weighted by Gasteiger charge is 2.32. The molecular formula is C18H28N2O. The van der Waals surface area contributed by atoms with E-state index in [1.165, 1.54) is 43.4 Å². The predicted octanol–water partition coefficient (Wildman–Crippen LogP) is 2.99. The second-order valence-electron chi connectivity index (χ2n) is 6.73. The highest BCUT2D eigenvalue weighted by molar-refractivity contribution is 5.39. The molecule has 3 nitrogen and oxygen atoms in total. The average molecular weight is 288 g/mol. The summed E-state index contributed by atoms with van der Waals surface area (Å²) in [4.78, 5) is 2.68. The Hall–Kier alpha value is -1.06. The van der Waals surface area contributed by atoms with Crippen molar-refractivity contribution >= 4 is 0 Å². The lowest BCUT2D eigenvalue weighted by Gasteiger charge is -2.43. The van der Waals surface area contributed by atoms with Gasteiger partial charge < -0.3 is 10.5 Å². The quantitative estimate of drug-likeness (QED) is 0.929. The van der Waals surface area contributed by atoms with E-state index in [-0.39, 0.29) is 0 Å². The minimum atomic E-state index is 0.584. The predicted molar refractivity (Wildman–Crippen MR) is 86.6 cm³/mol. The van der Waals surface area contributed by atoms with E-state index in [9.17, 15) is 0 Å². The maximum absolute atomic E-state index is 5.97. The number of likely N-dealkylation sites (tertiary alicyclic amines) is 1. The highest BCUT2D eigenvalue weighted by atomic mass is 16.5. The molecule has 21 heavy (non-hydrogen) atoms. The molecule has 1 fully saturated rings. The van der Waals surface area contributed by atoms with E-state index in [2.05, 4.69) is 30.0 Å². The highest BCUT2D eigenvalue weighted by Crippen LogP contribution is 2.38. The van der Waals surface area contributed by atoms with E-state index in [4.69, 9.17) is 10.5 Å². The fourth-order valence-electron chi connectivity index (χ4n) is 4.04. The van der Waals surface area contributed by atoms with Crippen LogP contribution in [0.25, 0.3) is 0 Å². The molecule has 0 amide bonds. The lowest BCUT2D eigenvalue weighted by molar-refractivity contribution is 0.0823. The van der Waals surface area contributed by atoms with Gasteiger partial charge >= 0.3 is 0 Å². The van der Waals surface area contributed by atoms with Crippen LogP contribution >= 0.6 is 0 Å². The summed E-state index contributed by atoms with van der Waals surface area (Å²) in [5.41, 5.74) is 8.98. The summed E-state index contributed by atoms with van der Waals surface area (Å²) in [6.45, 7) is 5.55. The summed E-state index contributed by atoms with van der Waals surface area (Å²) < 4.78 is 5.38. The number of benzene rings is 1. The lowest BCUT2D eigenvalue weighted by atomic mass is 9.82. The minimum Gasteiger partial charge on any atom is -0.497 e. The average Bonchev–Trinajstić information content (AvgIpc) is 2.54. The van der Waals surface area contributed by atoms with Crippen LogP contribution in [-0.4, -0.2) is 31.6 Å². The Bertz CT molecular complexity index is 488. The third kappa shape index (κ3) is 2.95. The largest absolute Gasteiger partial charge is 0.497 e. The number of aryl methyl sites for hydroxylation is 1. The SMILES string of the molecule is COc1ccc2c(c1)CCCC2N1CCC(C)C(CN)C1. The Balaban J connectivity index is 1.81. The molecule has 1 aromatic rings. The van der Waals surface area contributed by atoms with Crippen LogP contribution in [0, 0.1) is 11.8 Å². The Morgan fingerprint density at radius 2 is 2.19 bits per heavy atom. The van der Waals surface area contributed by atoms with Crippen molar-refractivity contribution in [1.29, 1.82) is 0 Å². The van der Waals surface area contributed by atoms with Crippen molar-refractivity contribution in [3.05, 3.63) is 29.3 Å². The van der Waals surface area contributed by atoms with E-state index in [0.717, 1.165) is 24.8 Å². The molecule has 0 spiro atoms. The smallest absolute Gasteiger partial charge is 0.119 e. The topological polar surface area (TPSA) is 38.5 Å². The maximum Gasteiger partial charge on any atom is 0.119 e. The summed E-state index contributed by atoms with van der Waals surface area (Å²) >= 11 is 0. The Morgan fingerprint density at radius 3 is 2.95 bits per heavy atom. The standard InChI is InChI=1S/C18H28N2O/c1-13-8-9-20(12-15(13)11-19)18-5-3-4-14-10-16(21-2)6-7-17(14)18/h6-7,10,13,15,18H,3-5,8-9,11-12,19H2,1-2H3. The summed E-state index contributed by atoms with van der Waals surface area (Å²) in [7, 11) is 1.75. The van der Waals surface area contributed by atoms with Crippen molar-refractivity contribution in [2.75, 3.05) is 26.7 Å². The number of fused-ring (bicyclic) bond motifs is 1. The lowest BCUT2D eigenvalue weighted by Crippen LogP contribution is -2.44. The second-order valence-corrected chi connectivity index (χ2v) is 6.73. The number of nitrogens with two attached hydrogens (primary N) is 1. The van der Waals surface area contributed by atoms with Gasteiger partial charge in [0.2, 0.25) is 0 Å². The maximum atomic E-state index is 5.97. The van der Waals surface area contributed by atoms with Crippen LogP contribution in [0.5, 0.6) is 5.75 Å². The third-order valence-electron chi connectivity index (χ3n) is 5.52. The summed E-state index contributed by atoms with van der Waals surface area (Å²) in [6, 6.07) is 7.22. The van der Waals surface area contributed by atoms with E-state index >= 15 is 0 Å². The molecule has 3 unspecified atom stereocenters. The molecule has 3 heteroatoms. The van der Waals surface area contributed by atoms with Gasteiger partial charge in [0.15, 0.2) is 0 Å². The van der Waals surface area contributed by atoms with Crippen molar-refractivity contribution in [2.45, 2.75) is 38.6 Å². The molecule has 1 saturated heterocycles. The number of piperidine rings is 1. The number of methoxy groups -OCH3 is 1. The number of hydrogen-bond acceptors (Lipinski definition) is 3. The number of nitrogens with zero attached hydrogens (tertiary/aromatic N) is 1. The molecule has 1 aliphatic carbocycles. The van der Waals surface area contributed by atoms with Crippen molar-refractivity contribution in [1.82, 2.24) is 4.90 Å². The van der Waals surface area contributed by atoms with E-state index in [0.29, 0.717) is 12.0 Å². The first-order valence-corrected chi connectivity index (χ1v) is 8.34. The molecule has 116 valence electrons. The molecule has 0 bridgehead atoms. The normalized spacial score (nSPS) is 30.0. The second kappa shape index (κ2) is 6.37. The number of hydrogen-bond donors (Lipinski definition) is 1. The first-order chi connectivity index (χ1) is 10.2. The van der Waals surface area contributed by atoms with Gasteiger partial charge in [0.05, 0.1) is 7.11 Å². The molecule has 0 saturated carbocycles. The van der Waals surface area contributed by atoms with Crippen molar-refractivity contribution in [3.63, 3.8) is 0 Å². The van der Waals surface area contributed by atoms with Crippen LogP contribution in [0.2, 0.25) is 0 Å². The fourth-order valence-corrected chi connectivity index (χ4v) is 4.04. The molecule has 1 heterocycles. The molecule has 1 aliphatic heterocycles.